The molecule has 154 valence electrons. The van der Waals surface area contributed by atoms with Gasteiger partial charge in [-0.25, -0.2) is 9.97 Å². The van der Waals surface area contributed by atoms with Crippen LogP contribution < -0.4 is 20.3 Å². The molecule has 0 spiro atoms. The zero-order valence-corrected chi connectivity index (χ0v) is 18.0. The molecule has 5 rings (SSSR count). The molecule has 1 aliphatic rings. The van der Waals surface area contributed by atoms with Crippen LogP contribution in [0.3, 0.4) is 0 Å². The molecule has 1 aromatic carbocycles. The molecule has 8 nitrogen and oxygen atoms in total. The van der Waals surface area contributed by atoms with Gasteiger partial charge in [0.1, 0.15) is 18.0 Å². The second-order valence-electron chi connectivity index (χ2n) is 6.99. The summed E-state index contributed by atoms with van der Waals surface area (Å²) >= 11 is 2.88. The molecule has 0 saturated heterocycles. The molecule has 0 atom stereocenters. The lowest BCUT2D eigenvalue weighted by Crippen LogP contribution is -2.23. The number of amides is 1. The van der Waals surface area contributed by atoms with Crippen molar-refractivity contribution in [3.63, 3.8) is 0 Å². The Kier molecular flexibility index (Phi) is 4.67. The van der Waals surface area contributed by atoms with Gasteiger partial charge >= 0.3 is 0 Å². The van der Waals surface area contributed by atoms with E-state index in [0.29, 0.717) is 35.2 Å². The lowest BCUT2D eigenvalue weighted by atomic mass is 10.2. The fourth-order valence-corrected chi connectivity index (χ4v) is 5.23. The Bertz CT molecular complexity index is 1310. The van der Waals surface area contributed by atoms with E-state index in [-0.39, 0.29) is 24.4 Å². The van der Waals surface area contributed by atoms with Crippen LogP contribution in [0.15, 0.2) is 23.3 Å². The number of hydrogen-bond acceptors (Lipinski definition) is 8. The molecular formula is C20H18N4O4S2. The molecule has 1 aliphatic heterocycles. The Labute approximate surface area is 179 Å². The fraction of sp³-hybridized carbons (Fsp3) is 0.300. The Morgan fingerprint density at radius 3 is 2.77 bits per heavy atom. The maximum atomic E-state index is 12.7. The van der Waals surface area contributed by atoms with Gasteiger partial charge in [0, 0.05) is 30.0 Å². The van der Waals surface area contributed by atoms with Gasteiger partial charge in [-0.15, -0.1) is 11.3 Å². The quantitative estimate of drug-likeness (QED) is 0.520. The second kappa shape index (κ2) is 7.37. The summed E-state index contributed by atoms with van der Waals surface area (Å²) in [4.78, 5) is 35.8. The van der Waals surface area contributed by atoms with Gasteiger partial charge in [0.25, 0.3) is 5.56 Å². The minimum atomic E-state index is -0.212. The van der Waals surface area contributed by atoms with E-state index in [1.54, 1.807) is 0 Å². The van der Waals surface area contributed by atoms with Gasteiger partial charge in [-0.3, -0.25) is 14.2 Å². The summed E-state index contributed by atoms with van der Waals surface area (Å²) in [6.45, 7) is 5.19. The number of benzene rings is 1. The van der Waals surface area contributed by atoms with Gasteiger partial charge in [-0.1, -0.05) is 11.3 Å². The van der Waals surface area contributed by atoms with Gasteiger partial charge in [-0.05, 0) is 19.4 Å². The van der Waals surface area contributed by atoms with Crippen molar-refractivity contribution in [2.24, 2.45) is 0 Å². The average molecular weight is 443 g/mol. The number of hydrogen-bond donors (Lipinski definition) is 1. The molecular weight excluding hydrogens is 424 g/mol. The number of aromatic nitrogens is 3. The van der Waals surface area contributed by atoms with Crippen molar-refractivity contribution in [3.05, 3.63) is 39.3 Å². The van der Waals surface area contributed by atoms with Crippen molar-refractivity contribution >= 4 is 54.1 Å². The van der Waals surface area contributed by atoms with Crippen molar-refractivity contribution in [2.75, 3.05) is 18.5 Å². The first-order valence-corrected chi connectivity index (χ1v) is 11.1. The van der Waals surface area contributed by atoms with Crippen molar-refractivity contribution in [2.45, 2.75) is 26.8 Å². The van der Waals surface area contributed by atoms with Crippen molar-refractivity contribution in [1.82, 2.24) is 14.5 Å². The summed E-state index contributed by atoms with van der Waals surface area (Å²) in [6, 6.07) is 3.70. The zero-order valence-electron chi connectivity index (χ0n) is 16.4. The van der Waals surface area contributed by atoms with Crippen LogP contribution in [-0.2, 0) is 11.3 Å². The van der Waals surface area contributed by atoms with E-state index in [1.165, 1.54) is 33.6 Å². The van der Waals surface area contributed by atoms with Crippen LogP contribution in [0.5, 0.6) is 11.5 Å². The van der Waals surface area contributed by atoms with Gasteiger partial charge in [0.2, 0.25) is 5.91 Å². The third-order valence-corrected chi connectivity index (χ3v) is 7.08. The number of thiazole rings is 1. The highest BCUT2D eigenvalue weighted by molar-refractivity contribution is 7.22. The van der Waals surface area contributed by atoms with E-state index in [0.717, 1.165) is 25.5 Å². The minimum absolute atomic E-state index is 0.111. The average Bonchev–Trinajstić information content (AvgIpc) is 3.25. The number of carbonyl (C=O) groups is 1. The Morgan fingerprint density at radius 2 is 1.97 bits per heavy atom. The predicted molar refractivity (Wildman–Crippen MR) is 117 cm³/mol. The minimum Gasteiger partial charge on any atom is -0.486 e. The van der Waals surface area contributed by atoms with Crippen LogP contribution in [0, 0.1) is 13.8 Å². The number of carbonyl (C=O) groups excluding carboxylic acids is 1. The zero-order chi connectivity index (χ0) is 20.8. The van der Waals surface area contributed by atoms with Crippen LogP contribution >= 0.6 is 22.7 Å². The molecule has 1 amide bonds. The number of rotatable bonds is 4. The van der Waals surface area contributed by atoms with Crippen LogP contribution in [0.2, 0.25) is 0 Å². The summed E-state index contributed by atoms with van der Waals surface area (Å²) in [5, 5.41) is 3.96. The summed E-state index contributed by atoms with van der Waals surface area (Å²) < 4.78 is 13.6. The van der Waals surface area contributed by atoms with E-state index in [4.69, 9.17) is 9.47 Å². The Morgan fingerprint density at radius 1 is 1.20 bits per heavy atom. The standard InChI is InChI=1S/C20H18N4O4S2/c1-10-11(2)29-18-17(10)19(26)24(9-21-18)4-3-16(25)23-20-22-12-7-13-14(8-15(12)30-20)28-6-5-27-13/h7-9H,3-6H2,1-2H3,(H,22,23,25). The van der Waals surface area contributed by atoms with E-state index >= 15 is 0 Å². The van der Waals surface area contributed by atoms with E-state index in [9.17, 15) is 9.59 Å². The fourth-order valence-electron chi connectivity index (χ4n) is 3.35. The third-order valence-electron chi connectivity index (χ3n) is 5.03. The molecule has 0 bridgehead atoms. The topological polar surface area (TPSA) is 95.3 Å². The maximum absolute atomic E-state index is 12.7. The van der Waals surface area contributed by atoms with Crippen LogP contribution in [0.1, 0.15) is 16.9 Å². The largest absolute Gasteiger partial charge is 0.486 e. The molecule has 4 aromatic rings. The molecule has 0 fully saturated rings. The molecule has 0 saturated carbocycles. The number of ether oxygens (including phenoxy) is 2. The molecule has 30 heavy (non-hydrogen) atoms. The SMILES string of the molecule is Cc1sc2ncn(CCC(=O)Nc3nc4cc5c(cc4s3)OCCO5)c(=O)c2c1C. The summed E-state index contributed by atoms with van der Waals surface area (Å²) in [6.07, 6.45) is 1.66. The first-order valence-electron chi connectivity index (χ1n) is 9.45. The lowest BCUT2D eigenvalue weighted by molar-refractivity contribution is -0.116. The van der Waals surface area contributed by atoms with E-state index in [2.05, 4.69) is 15.3 Å². The number of nitrogens with one attached hydrogen (secondary N) is 1. The molecule has 0 aliphatic carbocycles. The maximum Gasteiger partial charge on any atom is 0.262 e. The molecule has 1 N–H and O–H groups in total. The summed E-state index contributed by atoms with van der Waals surface area (Å²) in [7, 11) is 0. The summed E-state index contributed by atoms with van der Waals surface area (Å²) in [5.41, 5.74) is 1.59. The number of thiophene rings is 1. The van der Waals surface area contributed by atoms with Gasteiger partial charge in [-0.2, -0.15) is 0 Å². The van der Waals surface area contributed by atoms with Crippen LogP contribution in [0.4, 0.5) is 5.13 Å². The van der Waals surface area contributed by atoms with Crippen molar-refractivity contribution < 1.29 is 14.3 Å². The lowest BCUT2D eigenvalue weighted by Gasteiger charge is -2.17. The van der Waals surface area contributed by atoms with Crippen molar-refractivity contribution in [1.29, 1.82) is 0 Å². The molecule has 0 radical (unpaired) electrons. The molecule has 0 unspecified atom stereocenters. The highest BCUT2D eigenvalue weighted by Crippen LogP contribution is 2.37. The highest BCUT2D eigenvalue weighted by atomic mass is 32.1. The second-order valence-corrected chi connectivity index (χ2v) is 9.22. The highest BCUT2D eigenvalue weighted by Gasteiger charge is 2.17. The van der Waals surface area contributed by atoms with Crippen LogP contribution in [0.25, 0.3) is 20.4 Å². The smallest absolute Gasteiger partial charge is 0.262 e. The first kappa shape index (κ1) is 19.0. The first-order chi connectivity index (χ1) is 14.5. The number of fused-ring (bicyclic) bond motifs is 3. The Hall–Kier alpha value is -2.98. The number of nitrogens with zero attached hydrogens (tertiary/aromatic N) is 3. The van der Waals surface area contributed by atoms with Gasteiger partial charge < -0.3 is 14.8 Å². The predicted octanol–water partition coefficient (Wildman–Crippen LogP) is 3.48. The number of aryl methyl sites for hydroxylation is 3. The van der Waals surface area contributed by atoms with Gasteiger partial charge in [0.15, 0.2) is 16.6 Å². The van der Waals surface area contributed by atoms with E-state index < -0.39 is 0 Å². The van der Waals surface area contributed by atoms with Crippen LogP contribution in [-0.4, -0.2) is 33.7 Å². The normalized spacial score (nSPS) is 13.1. The monoisotopic (exact) mass is 442 g/mol. The molecule has 10 heteroatoms. The number of anilines is 1. The Balaban J connectivity index is 1.31. The van der Waals surface area contributed by atoms with Gasteiger partial charge in [0.05, 0.1) is 21.9 Å². The van der Waals surface area contributed by atoms with Crippen molar-refractivity contribution in [3.8, 4) is 11.5 Å². The third kappa shape index (κ3) is 3.31. The molecule has 4 heterocycles. The molecule has 3 aromatic heterocycles. The van der Waals surface area contributed by atoms with E-state index in [1.807, 2.05) is 26.0 Å². The summed E-state index contributed by atoms with van der Waals surface area (Å²) in [5.74, 6) is 1.14.